The number of carbonyl (C=O) groups is 1. The maximum atomic E-state index is 11.2. The predicted molar refractivity (Wildman–Crippen MR) is 71.4 cm³/mol. The first-order valence-corrected chi connectivity index (χ1v) is 6.70. The molecule has 1 saturated heterocycles. The van der Waals surface area contributed by atoms with Crippen molar-refractivity contribution in [3.8, 4) is 11.8 Å². The highest BCUT2D eigenvalue weighted by Crippen LogP contribution is 2.40. The van der Waals surface area contributed by atoms with Crippen molar-refractivity contribution in [1.82, 2.24) is 4.90 Å². The van der Waals surface area contributed by atoms with E-state index in [1.165, 1.54) is 5.56 Å². The van der Waals surface area contributed by atoms with E-state index < -0.39 is 0 Å². The first kappa shape index (κ1) is 12.1. The maximum absolute atomic E-state index is 11.2. The molecule has 0 spiro atoms. The van der Waals surface area contributed by atoms with Crippen LogP contribution in [-0.2, 0) is 4.79 Å². The number of hydrogen-bond acceptors (Lipinski definition) is 2. The highest BCUT2D eigenvalue weighted by molar-refractivity contribution is 7.99. The first-order chi connectivity index (χ1) is 8.36. The molecule has 2 nitrogen and oxygen atoms in total. The second kappa shape index (κ2) is 5.79. The monoisotopic (exact) mass is 245 g/mol. The third-order valence-corrected chi connectivity index (χ3v) is 4.27. The van der Waals surface area contributed by atoms with Crippen LogP contribution in [0.5, 0.6) is 0 Å². The minimum absolute atomic E-state index is 0.150. The molecular formula is C14H15NOS. The van der Waals surface area contributed by atoms with Crippen molar-refractivity contribution in [1.29, 1.82) is 0 Å². The summed E-state index contributed by atoms with van der Waals surface area (Å²) in [7, 11) is 0. The SMILES string of the molecule is CC#CCC1CSC(c2ccccc2)N1C=O. The highest BCUT2D eigenvalue weighted by atomic mass is 32.2. The van der Waals surface area contributed by atoms with Crippen molar-refractivity contribution in [2.45, 2.75) is 24.8 Å². The van der Waals surface area contributed by atoms with E-state index in [-0.39, 0.29) is 11.4 Å². The lowest BCUT2D eigenvalue weighted by Crippen LogP contribution is -2.31. The van der Waals surface area contributed by atoms with Crippen LogP contribution < -0.4 is 0 Å². The minimum atomic E-state index is 0.150. The Balaban J connectivity index is 2.14. The molecule has 88 valence electrons. The molecule has 0 saturated carbocycles. The van der Waals surface area contributed by atoms with Crippen molar-refractivity contribution in [2.75, 3.05) is 5.75 Å². The Bertz CT molecular complexity index is 435. The largest absolute Gasteiger partial charge is 0.324 e. The van der Waals surface area contributed by atoms with E-state index in [2.05, 4.69) is 24.0 Å². The number of amides is 1. The Labute approximate surface area is 106 Å². The fourth-order valence-electron chi connectivity index (χ4n) is 1.98. The van der Waals surface area contributed by atoms with E-state index >= 15 is 0 Å². The van der Waals surface area contributed by atoms with Gasteiger partial charge in [0, 0.05) is 12.2 Å². The molecule has 2 atom stereocenters. The van der Waals surface area contributed by atoms with E-state index in [0.29, 0.717) is 0 Å². The van der Waals surface area contributed by atoms with Crippen LogP contribution in [0.1, 0.15) is 24.3 Å². The van der Waals surface area contributed by atoms with Gasteiger partial charge in [-0.05, 0) is 12.5 Å². The highest BCUT2D eigenvalue weighted by Gasteiger charge is 2.33. The predicted octanol–water partition coefficient (Wildman–Crippen LogP) is 2.67. The number of carbonyl (C=O) groups excluding carboxylic acids is 1. The van der Waals surface area contributed by atoms with Gasteiger partial charge in [0.05, 0.1) is 6.04 Å². The molecular weight excluding hydrogens is 230 g/mol. The second-order valence-corrected chi connectivity index (χ2v) is 5.05. The van der Waals surface area contributed by atoms with Crippen LogP contribution in [0.3, 0.4) is 0 Å². The fraction of sp³-hybridized carbons (Fsp3) is 0.357. The van der Waals surface area contributed by atoms with Gasteiger partial charge in [-0.15, -0.1) is 23.6 Å². The van der Waals surface area contributed by atoms with Gasteiger partial charge < -0.3 is 4.90 Å². The molecule has 1 aliphatic heterocycles. The zero-order valence-electron chi connectivity index (χ0n) is 9.80. The van der Waals surface area contributed by atoms with E-state index in [1.54, 1.807) is 0 Å². The third kappa shape index (κ3) is 2.65. The Morgan fingerprint density at radius 1 is 1.47 bits per heavy atom. The Kier molecular flexibility index (Phi) is 4.11. The molecule has 1 heterocycles. The van der Waals surface area contributed by atoms with Gasteiger partial charge in [0.2, 0.25) is 6.41 Å². The summed E-state index contributed by atoms with van der Waals surface area (Å²) >= 11 is 1.81. The number of benzene rings is 1. The normalized spacial score (nSPS) is 23.0. The number of thioether (sulfide) groups is 1. The molecule has 0 radical (unpaired) electrons. The molecule has 0 aromatic heterocycles. The summed E-state index contributed by atoms with van der Waals surface area (Å²) in [5.74, 6) is 6.92. The molecule has 17 heavy (non-hydrogen) atoms. The lowest BCUT2D eigenvalue weighted by Gasteiger charge is -2.24. The van der Waals surface area contributed by atoms with E-state index in [9.17, 15) is 4.79 Å². The maximum Gasteiger partial charge on any atom is 0.211 e. The quantitative estimate of drug-likeness (QED) is 0.603. The molecule has 0 N–H and O–H groups in total. The molecule has 1 aromatic carbocycles. The molecule has 2 rings (SSSR count). The number of rotatable bonds is 3. The van der Waals surface area contributed by atoms with Gasteiger partial charge in [0.25, 0.3) is 0 Å². The minimum Gasteiger partial charge on any atom is -0.324 e. The second-order valence-electron chi connectivity index (χ2n) is 3.93. The van der Waals surface area contributed by atoms with Gasteiger partial charge in [0.1, 0.15) is 5.37 Å². The van der Waals surface area contributed by atoms with Crippen LogP contribution in [-0.4, -0.2) is 23.1 Å². The Hall–Kier alpha value is -1.40. The van der Waals surface area contributed by atoms with E-state index in [0.717, 1.165) is 18.6 Å². The Morgan fingerprint density at radius 2 is 2.24 bits per heavy atom. The van der Waals surface area contributed by atoms with Crippen LogP contribution in [0, 0.1) is 11.8 Å². The topological polar surface area (TPSA) is 20.3 Å². The third-order valence-electron chi connectivity index (χ3n) is 2.86. The van der Waals surface area contributed by atoms with Gasteiger partial charge in [-0.1, -0.05) is 30.3 Å². The van der Waals surface area contributed by atoms with Crippen LogP contribution in [0.25, 0.3) is 0 Å². The average molecular weight is 245 g/mol. The van der Waals surface area contributed by atoms with Crippen LogP contribution >= 0.6 is 11.8 Å². The van der Waals surface area contributed by atoms with Crippen molar-refractivity contribution in [3.63, 3.8) is 0 Å². The molecule has 1 fully saturated rings. The number of hydrogen-bond donors (Lipinski definition) is 0. The summed E-state index contributed by atoms with van der Waals surface area (Å²) in [4.78, 5) is 13.1. The Morgan fingerprint density at radius 3 is 2.88 bits per heavy atom. The summed E-state index contributed by atoms with van der Waals surface area (Å²) in [6.07, 6.45) is 1.73. The lowest BCUT2D eigenvalue weighted by atomic mass is 10.1. The van der Waals surface area contributed by atoms with Crippen LogP contribution in [0.2, 0.25) is 0 Å². The van der Waals surface area contributed by atoms with E-state index in [1.807, 2.05) is 41.8 Å². The summed E-state index contributed by atoms with van der Waals surface area (Å²) in [5, 5.41) is 0.150. The van der Waals surface area contributed by atoms with Gasteiger partial charge >= 0.3 is 0 Å². The molecule has 1 amide bonds. The molecule has 1 aliphatic rings. The van der Waals surface area contributed by atoms with Crippen molar-refractivity contribution in [2.24, 2.45) is 0 Å². The van der Waals surface area contributed by atoms with Crippen molar-refractivity contribution in [3.05, 3.63) is 35.9 Å². The average Bonchev–Trinajstić information content (AvgIpc) is 2.80. The molecule has 0 bridgehead atoms. The first-order valence-electron chi connectivity index (χ1n) is 5.65. The lowest BCUT2D eigenvalue weighted by molar-refractivity contribution is -0.120. The smallest absolute Gasteiger partial charge is 0.211 e. The van der Waals surface area contributed by atoms with Gasteiger partial charge in [-0.25, -0.2) is 0 Å². The summed E-state index contributed by atoms with van der Waals surface area (Å²) in [5.41, 5.74) is 1.19. The summed E-state index contributed by atoms with van der Waals surface area (Å²) in [6, 6.07) is 10.4. The van der Waals surface area contributed by atoms with Gasteiger partial charge in [-0.2, -0.15) is 0 Å². The van der Waals surface area contributed by atoms with Crippen LogP contribution in [0.15, 0.2) is 30.3 Å². The molecule has 0 aliphatic carbocycles. The molecule has 1 aromatic rings. The summed E-state index contributed by atoms with van der Waals surface area (Å²) in [6.45, 7) is 1.84. The number of nitrogens with zero attached hydrogens (tertiary/aromatic N) is 1. The van der Waals surface area contributed by atoms with E-state index in [4.69, 9.17) is 0 Å². The molecule has 2 unspecified atom stereocenters. The zero-order chi connectivity index (χ0) is 12.1. The zero-order valence-corrected chi connectivity index (χ0v) is 10.6. The van der Waals surface area contributed by atoms with Crippen molar-refractivity contribution < 1.29 is 4.79 Å². The van der Waals surface area contributed by atoms with Crippen molar-refractivity contribution >= 4 is 18.2 Å². The standard InChI is InChI=1S/C14H15NOS/c1-2-3-9-13-10-17-14(15(13)11-16)12-7-5-4-6-8-12/h4-8,11,13-14H,9-10H2,1H3. The summed E-state index contributed by atoms with van der Waals surface area (Å²) < 4.78 is 0. The van der Waals surface area contributed by atoms with Gasteiger partial charge in [-0.3, -0.25) is 4.79 Å². The molecule has 3 heteroatoms. The van der Waals surface area contributed by atoms with Gasteiger partial charge in [0.15, 0.2) is 0 Å². The van der Waals surface area contributed by atoms with Crippen LogP contribution in [0.4, 0.5) is 0 Å². The fourth-order valence-corrected chi connectivity index (χ4v) is 3.42.